The van der Waals surface area contributed by atoms with E-state index in [-0.39, 0.29) is 11.7 Å². The van der Waals surface area contributed by atoms with Crippen molar-refractivity contribution in [3.05, 3.63) is 54.6 Å². The molecule has 0 bridgehead atoms. The molecule has 162 valence electrons. The number of carbonyl (C=O) groups is 1. The first-order valence-corrected chi connectivity index (χ1v) is 10.8. The highest BCUT2D eigenvalue weighted by molar-refractivity contribution is 7.85. The van der Waals surface area contributed by atoms with Gasteiger partial charge in [0.1, 0.15) is 17.3 Å². The van der Waals surface area contributed by atoms with Crippen LogP contribution in [-0.2, 0) is 14.9 Å². The standard InChI is InChI=1S/C18H15FN6O.CH4O3S/c19-13-3-1-11(2-4-13)18-14(12-7-8-21-15(20)9-12)10-25(24-18)16-5-6-17(26)23-22-16;1-5(2,3)4/h1-4,7-10H,5-6H2,(H2,20,21)(H,23,26);1H3,(H,2,3,4). The Kier molecular flexibility index (Phi) is 6.42. The van der Waals surface area contributed by atoms with Crippen LogP contribution in [0.5, 0.6) is 0 Å². The SMILES string of the molecule is CS(=O)(=O)O.Nc1cc(-c2cn(C3=NNC(=O)CC3)nc2-c2ccc(F)cc2)ccn1. The average molecular weight is 446 g/mol. The third kappa shape index (κ3) is 6.17. The summed E-state index contributed by atoms with van der Waals surface area (Å²) in [6.07, 6.45) is 4.99. The molecular formula is C19H19FN6O4S. The Bertz CT molecular complexity index is 1230. The van der Waals surface area contributed by atoms with E-state index < -0.39 is 10.1 Å². The van der Waals surface area contributed by atoms with Crippen LogP contribution in [-0.4, -0.2) is 45.7 Å². The molecule has 3 heterocycles. The lowest BCUT2D eigenvalue weighted by Gasteiger charge is -2.11. The molecule has 0 saturated heterocycles. The summed E-state index contributed by atoms with van der Waals surface area (Å²) in [4.78, 5) is 15.3. The van der Waals surface area contributed by atoms with E-state index in [1.54, 1.807) is 29.1 Å². The number of carbonyl (C=O) groups excluding carboxylic acids is 1. The zero-order chi connectivity index (χ0) is 22.6. The number of amides is 1. The van der Waals surface area contributed by atoms with Crippen LogP contribution in [0.25, 0.3) is 22.4 Å². The summed E-state index contributed by atoms with van der Waals surface area (Å²) in [5, 5.41) is 8.69. The molecule has 12 heteroatoms. The number of rotatable bonds is 2. The van der Waals surface area contributed by atoms with Gasteiger partial charge in [-0.15, -0.1) is 0 Å². The first-order chi connectivity index (χ1) is 14.6. The first kappa shape index (κ1) is 22.1. The molecule has 0 atom stereocenters. The van der Waals surface area contributed by atoms with Gasteiger partial charge in [0.2, 0.25) is 5.91 Å². The lowest BCUT2D eigenvalue weighted by Crippen LogP contribution is -2.29. The van der Waals surface area contributed by atoms with E-state index in [0.29, 0.717) is 36.4 Å². The number of hydrogen-bond acceptors (Lipinski definition) is 7. The van der Waals surface area contributed by atoms with Crippen molar-refractivity contribution in [1.29, 1.82) is 0 Å². The summed E-state index contributed by atoms with van der Waals surface area (Å²) >= 11 is 0. The molecule has 4 rings (SSSR count). The molecule has 2 aromatic heterocycles. The Morgan fingerprint density at radius 3 is 2.42 bits per heavy atom. The number of nitrogens with one attached hydrogen (secondary N) is 1. The zero-order valence-electron chi connectivity index (χ0n) is 16.4. The molecule has 0 spiro atoms. The van der Waals surface area contributed by atoms with Gasteiger partial charge in [-0.05, 0) is 42.0 Å². The van der Waals surface area contributed by atoms with Gasteiger partial charge in [-0.25, -0.2) is 19.5 Å². The highest BCUT2D eigenvalue weighted by atomic mass is 32.2. The molecule has 0 radical (unpaired) electrons. The van der Waals surface area contributed by atoms with E-state index in [9.17, 15) is 17.6 Å². The van der Waals surface area contributed by atoms with Gasteiger partial charge >= 0.3 is 0 Å². The van der Waals surface area contributed by atoms with Crippen molar-refractivity contribution in [2.45, 2.75) is 12.8 Å². The average Bonchev–Trinajstić information content (AvgIpc) is 3.13. The second kappa shape index (κ2) is 9.02. The van der Waals surface area contributed by atoms with Crippen molar-refractivity contribution in [2.75, 3.05) is 12.0 Å². The van der Waals surface area contributed by atoms with E-state index in [0.717, 1.165) is 16.7 Å². The van der Waals surface area contributed by atoms with Crippen molar-refractivity contribution < 1.29 is 22.2 Å². The van der Waals surface area contributed by atoms with Crippen LogP contribution in [0.15, 0.2) is 53.9 Å². The maximum atomic E-state index is 13.3. The van der Waals surface area contributed by atoms with Crippen LogP contribution < -0.4 is 11.2 Å². The quantitative estimate of drug-likeness (QED) is 0.508. The molecule has 1 aromatic carbocycles. The Morgan fingerprint density at radius 1 is 1.16 bits per heavy atom. The predicted molar refractivity (Wildman–Crippen MR) is 113 cm³/mol. The van der Waals surface area contributed by atoms with Gasteiger partial charge < -0.3 is 5.73 Å². The van der Waals surface area contributed by atoms with Crippen LogP contribution in [0.3, 0.4) is 0 Å². The largest absolute Gasteiger partial charge is 0.384 e. The number of pyridine rings is 1. The van der Waals surface area contributed by atoms with E-state index in [2.05, 4.69) is 20.6 Å². The van der Waals surface area contributed by atoms with Gasteiger partial charge in [0.15, 0.2) is 5.84 Å². The van der Waals surface area contributed by atoms with E-state index in [1.807, 2.05) is 12.3 Å². The number of benzene rings is 1. The van der Waals surface area contributed by atoms with Crippen LogP contribution >= 0.6 is 0 Å². The molecule has 1 aliphatic rings. The Balaban J connectivity index is 0.000000491. The number of halogens is 1. The second-order valence-corrected chi connectivity index (χ2v) is 8.07. The topological polar surface area (TPSA) is 153 Å². The number of nitrogens with two attached hydrogens (primary N) is 1. The summed E-state index contributed by atoms with van der Waals surface area (Å²) in [6.45, 7) is 0. The van der Waals surface area contributed by atoms with Gasteiger partial charge in [0, 0.05) is 36.4 Å². The van der Waals surface area contributed by atoms with Crippen molar-refractivity contribution in [2.24, 2.45) is 5.10 Å². The third-order valence-corrected chi connectivity index (χ3v) is 4.07. The number of aromatic nitrogens is 3. The number of anilines is 1. The highest BCUT2D eigenvalue weighted by Crippen LogP contribution is 2.32. The maximum absolute atomic E-state index is 13.3. The van der Waals surface area contributed by atoms with Crippen molar-refractivity contribution in [3.63, 3.8) is 0 Å². The Labute approximate surface area is 177 Å². The van der Waals surface area contributed by atoms with E-state index in [1.165, 1.54) is 12.1 Å². The molecule has 10 nitrogen and oxygen atoms in total. The number of hydrazone groups is 1. The molecule has 3 aromatic rings. The van der Waals surface area contributed by atoms with Crippen molar-refractivity contribution in [1.82, 2.24) is 20.2 Å². The molecule has 31 heavy (non-hydrogen) atoms. The molecular weight excluding hydrogens is 427 g/mol. The summed E-state index contributed by atoms with van der Waals surface area (Å²) in [5.41, 5.74) is 11.3. The van der Waals surface area contributed by atoms with Gasteiger partial charge in [0.05, 0.1) is 6.26 Å². The Morgan fingerprint density at radius 2 is 1.84 bits per heavy atom. The Hall–Kier alpha value is -3.64. The van der Waals surface area contributed by atoms with Crippen LogP contribution in [0.1, 0.15) is 12.8 Å². The zero-order valence-corrected chi connectivity index (χ0v) is 17.2. The van der Waals surface area contributed by atoms with Gasteiger partial charge in [-0.1, -0.05) is 0 Å². The minimum atomic E-state index is -3.67. The van der Waals surface area contributed by atoms with Gasteiger partial charge in [-0.3, -0.25) is 9.35 Å². The number of nitrogen functional groups attached to an aromatic ring is 1. The molecule has 1 amide bonds. The molecule has 0 unspecified atom stereocenters. The summed E-state index contributed by atoms with van der Waals surface area (Å²) in [5.74, 6) is 0.577. The summed E-state index contributed by atoms with van der Waals surface area (Å²) in [7, 11) is -3.67. The van der Waals surface area contributed by atoms with Crippen LogP contribution in [0.4, 0.5) is 10.2 Å². The fraction of sp³-hybridized carbons (Fsp3) is 0.158. The van der Waals surface area contributed by atoms with Crippen LogP contribution in [0.2, 0.25) is 0 Å². The van der Waals surface area contributed by atoms with E-state index >= 15 is 0 Å². The third-order valence-electron chi connectivity index (χ3n) is 4.07. The highest BCUT2D eigenvalue weighted by Gasteiger charge is 2.19. The second-order valence-electron chi connectivity index (χ2n) is 6.61. The van der Waals surface area contributed by atoms with E-state index in [4.69, 9.17) is 10.3 Å². The maximum Gasteiger partial charge on any atom is 0.261 e. The minimum Gasteiger partial charge on any atom is -0.384 e. The summed E-state index contributed by atoms with van der Waals surface area (Å²) < 4.78 is 40.8. The number of hydrogen-bond donors (Lipinski definition) is 3. The first-order valence-electron chi connectivity index (χ1n) is 8.96. The molecule has 0 saturated carbocycles. The lowest BCUT2D eigenvalue weighted by molar-refractivity contribution is -0.121. The summed E-state index contributed by atoms with van der Waals surface area (Å²) in [6, 6.07) is 9.68. The number of nitrogens with zero attached hydrogens (tertiary/aromatic N) is 4. The van der Waals surface area contributed by atoms with Crippen molar-refractivity contribution in [3.8, 4) is 22.4 Å². The normalized spacial score (nSPS) is 13.6. The lowest BCUT2D eigenvalue weighted by atomic mass is 10.0. The molecule has 4 N–H and O–H groups in total. The molecule has 0 aliphatic carbocycles. The molecule has 0 fully saturated rings. The predicted octanol–water partition coefficient (Wildman–Crippen LogP) is 1.91. The van der Waals surface area contributed by atoms with Gasteiger partial charge in [0.25, 0.3) is 10.1 Å². The molecule has 1 aliphatic heterocycles. The fourth-order valence-electron chi connectivity index (χ4n) is 2.78. The van der Waals surface area contributed by atoms with Gasteiger partial charge in [-0.2, -0.15) is 18.6 Å². The monoisotopic (exact) mass is 446 g/mol. The fourth-order valence-corrected chi connectivity index (χ4v) is 2.78. The smallest absolute Gasteiger partial charge is 0.261 e. The van der Waals surface area contributed by atoms with Crippen LogP contribution in [0, 0.1) is 5.82 Å². The van der Waals surface area contributed by atoms with Crippen molar-refractivity contribution >= 4 is 27.7 Å². The minimum absolute atomic E-state index is 0.123.